The minimum atomic E-state index is -7.35. The molecule has 0 heterocycles. The van der Waals surface area contributed by atoms with Crippen LogP contribution in [0.4, 0.5) is 39.5 Å². The summed E-state index contributed by atoms with van der Waals surface area (Å²) in [5.41, 5.74) is -19.9. The highest BCUT2D eigenvalue weighted by Gasteiger charge is 2.51. The minimum Gasteiger partial charge on any atom is -0.438 e. The molecule has 1 unspecified atom stereocenters. The Morgan fingerprint density at radius 3 is 1.23 bits per heavy atom. The van der Waals surface area contributed by atoms with Crippen LogP contribution in [0, 0.1) is 0 Å². The Bertz CT molecular complexity index is 746. The Hall–Kier alpha value is -0.820. The van der Waals surface area contributed by atoms with Crippen molar-refractivity contribution in [2.24, 2.45) is 3.77 Å². The van der Waals surface area contributed by atoms with Crippen molar-refractivity contribution in [2.75, 3.05) is 0 Å². The zero-order valence-electron chi connectivity index (χ0n) is 9.06. The zero-order chi connectivity index (χ0) is 18.4. The molecule has 0 saturated carbocycles. The normalized spacial score (nSPS) is 17.9. The van der Waals surface area contributed by atoms with Crippen LogP contribution < -0.4 is 0 Å². The fourth-order valence-corrected chi connectivity index (χ4v) is 4.28. The second kappa shape index (κ2) is 5.37. The van der Waals surface area contributed by atoms with Gasteiger partial charge in [-0.1, -0.05) is 0 Å². The summed E-state index contributed by atoms with van der Waals surface area (Å²) in [5.74, 6) is 0. The van der Waals surface area contributed by atoms with Gasteiger partial charge in [-0.2, -0.15) is 47.9 Å². The van der Waals surface area contributed by atoms with Gasteiger partial charge in [0.05, 0.1) is 9.92 Å². The third-order valence-corrected chi connectivity index (χ3v) is 6.24. The summed E-state index contributed by atoms with van der Waals surface area (Å²) in [5, 5.41) is 0. The molecule has 0 radical (unpaired) electrons. The van der Waals surface area contributed by atoms with Crippen LogP contribution >= 0.6 is 0 Å². The van der Waals surface area contributed by atoms with Gasteiger partial charge >= 0.3 is 26.5 Å². The van der Waals surface area contributed by atoms with Gasteiger partial charge in [0.25, 0.3) is 0 Å². The molecular formula is C3F9N2O5S3-. The molecule has 22 heavy (non-hydrogen) atoms. The lowest BCUT2D eigenvalue weighted by atomic mass is 11.6. The summed E-state index contributed by atoms with van der Waals surface area (Å²) in [6.07, 6.45) is 0. The van der Waals surface area contributed by atoms with Crippen LogP contribution in [0.5, 0.6) is 0 Å². The SMILES string of the molecule is O=S(=O)(N=S(=O)([N-]S(=O)(=O)C(F)(F)F)C(F)(F)F)C(F)(F)F. The molecule has 1 atom stereocenters. The highest BCUT2D eigenvalue weighted by molar-refractivity contribution is 8.16. The number of hydrogen-bond acceptors (Lipinski definition) is 5. The number of halogens is 9. The van der Waals surface area contributed by atoms with Gasteiger partial charge < -0.3 is 4.13 Å². The van der Waals surface area contributed by atoms with Crippen LogP contribution in [-0.4, -0.2) is 37.6 Å². The monoisotopic (exact) mass is 411 g/mol. The topological polar surface area (TPSA) is 112 Å². The maximum atomic E-state index is 12.2. The van der Waals surface area contributed by atoms with Crippen LogP contribution in [0.1, 0.15) is 0 Å². The van der Waals surface area contributed by atoms with E-state index >= 15 is 0 Å². The Kier molecular flexibility index (Phi) is 5.17. The average molecular weight is 411 g/mol. The average Bonchev–Trinajstić information content (AvgIpc) is 2.08. The van der Waals surface area contributed by atoms with Gasteiger partial charge in [0.2, 0.25) is 0 Å². The standard InChI is InChI=1S/C3F9N2O5S3/c4-1(5,6)20(15,13-21(16,17)2(7,8)9)14-22(18,19)3(10,11)12/q-1. The maximum Gasteiger partial charge on any atom is 0.519 e. The quantitative estimate of drug-likeness (QED) is 0.659. The van der Waals surface area contributed by atoms with Gasteiger partial charge in [-0.15, -0.1) is 3.77 Å². The van der Waals surface area contributed by atoms with Gasteiger partial charge in [-0.05, 0) is 0 Å². The van der Waals surface area contributed by atoms with Crippen LogP contribution in [0.15, 0.2) is 3.77 Å². The summed E-state index contributed by atoms with van der Waals surface area (Å²) in [7, 11) is -21.9. The molecular weight excluding hydrogens is 411 g/mol. The van der Waals surface area contributed by atoms with Crippen molar-refractivity contribution in [2.45, 2.75) is 16.5 Å². The van der Waals surface area contributed by atoms with Gasteiger partial charge in [-0.25, -0.2) is 8.42 Å². The van der Waals surface area contributed by atoms with E-state index in [1.807, 2.05) is 0 Å². The molecule has 0 aromatic heterocycles. The minimum absolute atomic E-state index is 0.686. The van der Waals surface area contributed by atoms with Crippen molar-refractivity contribution in [3.8, 4) is 0 Å². The van der Waals surface area contributed by atoms with E-state index in [1.165, 1.54) is 0 Å². The number of sulfonamides is 2. The van der Waals surface area contributed by atoms with Crippen molar-refractivity contribution in [3.05, 3.63) is 4.13 Å². The van der Waals surface area contributed by atoms with E-state index < -0.39 is 46.5 Å². The Labute approximate surface area is 115 Å². The Morgan fingerprint density at radius 2 is 1.00 bits per heavy atom. The number of rotatable bonds is 3. The van der Waals surface area contributed by atoms with E-state index in [0.717, 1.165) is 0 Å². The van der Waals surface area contributed by atoms with E-state index in [0.29, 0.717) is 7.90 Å². The first-order valence-corrected chi connectivity index (χ1v) is 8.23. The van der Waals surface area contributed by atoms with Crippen LogP contribution in [0.2, 0.25) is 0 Å². The first-order chi connectivity index (χ1) is 9.16. The van der Waals surface area contributed by atoms with Gasteiger partial charge in [0.1, 0.15) is 0 Å². The molecule has 0 saturated heterocycles. The summed E-state index contributed by atoms with van der Waals surface area (Å²) in [6.45, 7) is 0. The fourth-order valence-electron chi connectivity index (χ4n) is 0.449. The van der Waals surface area contributed by atoms with Crippen molar-refractivity contribution < 1.29 is 60.6 Å². The van der Waals surface area contributed by atoms with Crippen molar-refractivity contribution >= 4 is 30.0 Å². The maximum absolute atomic E-state index is 12.2. The second-order valence-corrected chi connectivity index (χ2v) is 8.41. The zero-order valence-corrected chi connectivity index (χ0v) is 11.5. The molecule has 0 amide bonds. The third kappa shape index (κ3) is 4.35. The molecule has 0 fully saturated rings. The molecule has 134 valence electrons. The summed E-state index contributed by atoms with van der Waals surface area (Å²) < 4.78 is 161. The summed E-state index contributed by atoms with van der Waals surface area (Å²) in [6, 6.07) is 0. The van der Waals surface area contributed by atoms with Crippen LogP contribution in [-0.2, 0) is 30.0 Å². The van der Waals surface area contributed by atoms with Crippen molar-refractivity contribution in [3.63, 3.8) is 0 Å². The molecule has 19 heteroatoms. The molecule has 0 rings (SSSR count). The highest BCUT2D eigenvalue weighted by atomic mass is 32.3. The fraction of sp³-hybridized carbons (Fsp3) is 1.00. The van der Waals surface area contributed by atoms with Crippen molar-refractivity contribution in [1.29, 1.82) is 0 Å². The molecule has 0 aromatic rings. The highest BCUT2D eigenvalue weighted by Crippen LogP contribution is 2.40. The first-order valence-electron chi connectivity index (χ1n) is 3.88. The lowest BCUT2D eigenvalue weighted by Crippen LogP contribution is -2.32. The van der Waals surface area contributed by atoms with Gasteiger partial charge in [0, 0.05) is 0 Å². The Morgan fingerprint density at radius 1 is 0.636 bits per heavy atom. The van der Waals surface area contributed by atoms with E-state index in [2.05, 4.69) is 0 Å². The first kappa shape index (κ1) is 21.2. The Balaban J connectivity index is 6.51. The summed E-state index contributed by atoms with van der Waals surface area (Å²) >= 11 is 0. The lowest BCUT2D eigenvalue weighted by Gasteiger charge is -2.27. The van der Waals surface area contributed by atoms with Gasteiger partial charge in [-0.3, -0.25) is 4.21 Å². The predicted molar refractivity (Wildman–Crippen MR) is 49.9 cm³/mol. The molecule has 7 nitrogen and oxygen atoms in total. The molecule has 0 aromatic carbocycles. The smallest absolute Gasteiger partial charge is 0.438 e. The van der Waals surface area contributed by atoms with E-state index in [9.17, 15) is 60.6 Å². The van der Waals surface area contributed by atoms with Crippen LogP contribution in [0.3, 0.4) is 0 Å². The van der Waals surface area contributed by atoms with Crippen molar-refractivity contribution in [1.82, 2.24) is 0 Å². The van der Waals surface area contributed by atoms with Gasteiger partial charge in [0.15, 0.2) is 10.0 Å². The molecule has 0 aliphatic carbocycles. The predicted octanol–water partition coefficient (Wildman–Crippen LogP) is 1.96. The molecule has 0 bridgehead atoms. The molecule has 0 N–H and O–H groups in total. The second-order valence-electron chi connectivity index (χ2n) is 2.93. The molecule has 0 aliphatic rings. The van der Waals surface area contributed by atoms with E-state index in [1.54, 1.807) is 0 Å². The van der Waals surface area contributed by atoms with Crippen LogP contribution in [0.25, 0.3) is 4.13 Å². The van der Waals surface area contributed by atoms with E-state index in [-0.39, 0.29) is 0 Å². The summed E-state index contributed by atoms with van der Waals surface area (Å²) in [4.78, 5) is 0. The molecule has 0 aliphatic heterocycles. The number of alkyl halides is 9. The number of hydrogen-bond donors (Lipinski definition) is 0. The number of nitrogens with zero attached hydrogens (tertiary/aromatic N) is 2. The lowest BCUT2D eigenvalue weighted by molar-refractivity contribution is -0.0440. The van der Waals surface area contributed by atoms with E-state index in [4.69, 9.17) is 0 Å². The third-order valence-electron chi connectivity index (χ3n) is 1.28. The largest absolute Gasteiger partial charge is 0.519 e. The molecule has 0 spiro atoms.